The monoisotopic (exact) mass is 387 g/mol. The number of nitro groups is 1. The van der Waals surface area contributed by atoms with Gasteiger partial charge in [0.2, 0.25) is 0 Å². The molecule has 1 saturated heterocycles. The zero-order chi connectivity index (χ0) is 20.1. The molecule has 0 unspecified atom stereocenters. The number of nitro benzene ring substituents is 1. The van der Waals surface area contributed by atoms with Crippen LogP contribution in [0.15, 0.2) is 24.3 Å². The lowest BCUT2D eigenvalue weighted by Crippen LogP contribution is -2.36. The number of anilines is 1. The number of nitrogens with one attached hydrogen (secondary N) is 1. The molecule has 1 aliphatic heterocycles. The number of carbonyl (C=O) groups excluding carboxylic acids is 1. The molecular weight excluding hydrogens is 362 g/mol. The van der Waals surface area contributed by atoms with Gasteiger partial charge in [-0.2, -0.15) is 5.10 Å². The van der Waals surface area contributed by atoms with Crippen LogP contribution in [0.5, 0.6) is 0 Å². The molecule has 28 heavy (non-hydrogen) atoms. The molecule has 0 aliphatic carbocycles. The van der Waals surface area contributed by atoms with E-state index in [2.05, 4.69) is 15.3 Å². The second-order valence-corrected chi connectivity index (χ2v) is 6.82. The zero-order valence-electron chi connectivity index (χ0n) is 16.2. The lowest BCUT2D eigenvalue weighted by Gasteiger charge is -2.29. The summed E-state index contributed by atoms with van der Waals surface area (Å²) in [4.78, 5) is 25.5. The van der Waals surface area contributed by atoms with Crippen molar-refractivity contribution in [3.05, 3.63) is 51.3 Å². The number of amides is 1. The molecule has 1 fully saturated rings. The van der Waals surface area contributed by atoms with Crippen molar-refractivity contribution in [1.29, 1.82) is 0 Å². The number of hydrogen-bond donors (Lipinski definition) is 1. The standard InChI is InChI=1S/C19H25N5O4/c1-14-12-15(2)23(21-14)7-3-6-20-19(25)17-13-16(4-5-18(17)24(26)27)22-8-10-28-11-9-22/h4-5,12-13H,3,6-11H2,1-2H3,(H,20,25). The van der Waals surface area contributed by atoms with Crippen molar-refractivity contribution in [1.82, 2.24) is 15.1 Å². The number of nitrogens with zero attached hydrogens (tertiary/aromatic N) is 4. The van der Waals surface area contributed by atoms with Gasteiger partial charge in [0.1, 0.15) is 5.56 Å². The summed E-state index contributed by atoms with van der Waals surface area (Å²) in [5, 5.41) is 18.5. The topological polar surface area (TPSA) is 103 Å². The minimum absolute atomic E-state index is 0.0834. The fourth-order valence-corrected chi connectivity index (χ4v) is 3.31. The van der Waals surface area contributed by atoms with E-state index in [0.29, 0.717) is 45.8 Å². The molecule has 1 amide bonds. The molecule has 1 aliphatic rings. The van der Waals surface area contributed by atoms with Crippen molar-refractivity contribution in [3.63, 3.8) is 0 Å². The smallest absolute Gasteiger partial charge is 0.282 e. The van der Waals surface area contributed by atoms with Crippen molar-refractivity contribution >= 4 is 17.3 Å². The van der Waals surface area contributed by atoms with Crippen LogP contribution in [0.4, 0.5) is 11.4 Å². The van der Waals surface area contributed by atoms with Crippen LogP contribution in [-0.2, 0) is 11.3 Å². The van der Waals surface area contributed by atoms with E-state index in [1.54, 1.807) is 12.1 Å². The van der Waals surface area contributed by atoms with Crippen LogP contribution in [0.25, 0.3) is 0 Å². The highest BCUT2D eigenvalue weighted by atomic mass is 16.6. The second-order valence-electron chi connectivity index (χ2n) is 6.82. The molecule has 9 heteroatoms. The molecule has 3 rings (SSSR count). The third-order valence-electron chi connectivity index (χ3n) is 4.73. The summed E-state index contributed by atoms with van der Waals surface area (Å²) in [5.74, 6) is -0.435. The Hall–Kier alpha value is -2.94. The lowest BCUT2D eigenvalue weighted by atomic mass is 10.1. The first-order valence-electron chi connectivity index (χ1n) is 9.36. The summed E-state index contributed by atoms with van der Waals surface area (Å²) in [5.41, 5.74) is 2.71. The van der Waals surface area contributed by atoms with E-state index in [0.717, 1.165) is 17.1 Å². The summed E-state index contributed by atoms with van der Waals surface area (Å²) in [6, 6.07) is 6.68. The van der Waals surface area contributed by atoms with Crippen LogP contribution in [0.3, 0.4) is 0 Å². The van der Waals surface area contributed by atoms with E-state index in [1.807, 2.05) is 24.6 Å². The molecule has 1 aromatic heterocycles. The third-order valence-corrected chi connectivity index (χ3v) is 4.73. The highest BCUT2D eigenvalue weighted by Gasteiger charge is 2.22. The molecule has 2 heterocycles. The van der Waals surface area contributed by atoms with Crippen LogP contribution in [0.2, 0.25) is 0 Å². The minimum atomic E-state index is -0.520. The molecular formula is C19H25N5O4. The molecule has 150 valence electrons. The Morgan fingerprint density at radius 3 is 2.68 bits per heavy atom. The number of hydrogen-bond acceptors (Lipinski definition) is 6. The van der Waals surface area contributed by atoms with Gasteiger partial charge in [0, 0.05) is 43.6 Å². The normalized spacial score (nSPS) is 14.1. The van der Waals surface area contributed by atoms with Crippen molar-refractivity contribution in [2.45, 2.75) is 26.8 Å². The summed E-state index contributed by atoms with van der Waals surface area (Å²) in [6.45, 7) is 7.61. The van der Waals surface area contributed by atoms with Gasteiger partial charge in [-0.25, -0.2) is 0 Å². The van der Waals surface area contributed by atoms with E-state index < -0.39 is 10.8 Å². The van der Waals surface area contributed by atoms with E-state index >= 15 is 0 Å². The number of aryl methyl sites for hydroxylation is 3. The summed E-state index contributed by atoms with van der Waals surface area (Å²) < 4.78 is 7.23. The van der Waals surface area contributed by atoms with Crippen LogP contribution in [0, 0.1) is 24.0 Å². The lowest BCUT2D eigenvalue weighted by molar-refractivity contribution is -0.385. The average molecular weight is 387 g/mol. The van der Waals surface area contributed by atoms with Gasteiger partial charge in [0.25, 0.3) is 11.6 Å². The Morgan fingerprint density at radius 2 is 2.04 bits per heavy atom. The fourth-order valence-electron chi connectivity index (χ4n) is 3.31. The highest BCUT2D eigenvalue weighted by molar-refractivity contribution is 5.99. The molecule has 0 saturated carbocycles. The molecule has 9 nitrogen and oxygen atoms in total. The zero-order valence-corrected chi connectivity index (χ0v) is 16.2. The van der Waals surface area contributed by atoms with Gasteiger partial charge in [-0.1, -0.05) is 0 Å². The summed E-state index contributed by atoms with van der Waals surface area (Å²) in [7, 11) is 0. The van der Waals surface area contributed by atoms with Crippen LogP contribution < -0.4 is 10.2 Å². The predicted octanol–water partition coefficient (Wildman–Crippen LogP) is 2.06. The Balaban J connectivity index is 1.65. The number of rotatable bonds is 7. The van der Waals surface area contributed by atoms with Crippen LogP contribution >= 0.6 is 0 Å². The highest BCUT2D eigenvalue weighted by Crippen LogP contribution is 2.25. The number of benzene rings is 1. The largest absolute Gasteiger partial charge is 0.378 e. The minimum Gasteiger partial charge on any atom is -0.378 e. The van der Waals surface area contributed by atoms with Gasteiger partial charge < -0.3 is 15.0 Å². The van der Waals surface area contributed by atoms with Crippen molar-refractivity contribution < 1.29 is 14.5 Å². The molecule has 0 spiro atoms. The third kappa shape index (κ3) is 4.66. The average Bonchev–Trinajstić information content (AvgIpc) is 3.02. The Bertz CT molecular complexity index is 858. The van der Waals surface area contributed by atoms with Crippen molar-refractivity contribution in [2.75, 3.05) is 37.7 Å². The first-order valence-corrected chi connectivity index (χ1v) is 9.36. The molecule has 1 aromatic carbocycles. The number of morpholine rings is 1. The maximum absolute atomic E-state index is 12.6. The van der Waals surface area contributed by atoms with Crippen LogP contribution in [-0.4, -0.2) is 53.5 Å². The van der Waals surface area contributed by atoms with E-state index in [-0.39, 0.29) is 11.3 Å². The summed E-state index contributed by atoms with van der Waals surface area (Å²) in [6.07, 6.45) is 0.685. The van der Waals surface area contributed by atoms with E-state index in [4.69, 9.17) is 4.74 Å². The second kappa shape index (κ2) is 8.83. The van der Waals surface area contributed by atoms with E-state index in [9.17, 15) is 14.9 Å². The first kappa shape index (κ1) is 19.8. The van der Waals surface area contributed by atoms with E-state index in [1.165, 1.54) is 6.07 Å². The Morgan fingerprint density at radius 1 is 1.29 bits per heavy atom. The quantitative estimate of drug-likeness (QED) is 0.443. The molecule has 0 bridgehead atoms. The number of ether oxygens (including phenoxy) is 1. The number of carbonyl (C=O) groups is 1. The fraction of sp³-hybridized carbons (Fsp3) is 0.474. The molecule has 0 radical (unpaired) electrons. The van der Waals surface area contributed by atoms with Crippen LogP contribution in [0.1, 0.15) is 28.2 Å². The van der Waals surface area contributed by atoms with Crippen molar-refractivity contribution in [2.24, 2.45) is 0 Å². The SMILES string of the molecule is Cc1cc(C)n(CCCNC(=O)c2cc(N3CCOCC3)ccc2[N+](=O)[O-])n1. The molecule has 0 atom stereocenters. The maximum atomic E-state index is 12.6. The molecule has 2 aromatic rings. The van der Waals surface area contributed by atoms with Gasteiger partial charge >= 0.3 is 0 Å². The van der Waals surface area contributed by atoms with Gasteiger partial charge in [-0.3, -0.25) is 19.6 Å². The Labute approximate surface area is 163 Å². The number of aromatic nitrogens is 2. The predicted molar refractivity (Wildman–Crippen MR) is 105 cm³/mol. The van der Waals surface area contributed by atoms with Gasteiger partial charge in [0.15, 0.2) is 0 Å². The Kier molecular flexibility index (Phi) is 6.25. The molecule has 1 N–H and O–H groups in total. The van der Waals surface area contributed by atoms with Gasteiger partial charge in [0.05, 0.1) is 23.8 Å². The summed E-state index contributed by atoms with van der Waals surface area (Å²) >= 11 is 0. The van der Waals surface area contributed by atoms with Gasteiger partial charge in [-0.15, -0.1) is 0 Å². The maximum Gasteiger partial charge on any atom is 0.282 e. The van der Waals surface area contributed by atoms with Gasteiger partial charge in [-0.05, 0) is 38.5 Å². The first-order chi connectivity index (χ1) is 13.5. The van der Waals surface area contributed by atoms with Crippen molar-refractivity contribution in [3.8, 4) is 0 Å².